The van der Waals surface area contributed by atoms with Gasteiger partial charge in [-0.15, -0.1) is 0 Å². The van der Waals surface area contributed by atoms with Gasteiger partial charge in [-0.3, -0.25) is 4.79 Å². The van der Waals surface area contributed by atoms with E-state index in [1.54, 1.807) is 0 Å². The molecule has 3 N–H and O–H groups in total. The molecule has 0 radical (unpaired) electrons. The number of ether oxygens (including phenoxy) is 1. The fourth-order valence-corrected chi connectivity index (χ4v) is 1.80. The van der Waals surface area contributed by atoms with Crippen LogP contribution < -0.4 is 15.4 Å². The summed E-state index contributed by atoms with van der Waals surface area (Å²) in [6.07, 6.45) is -0.576. The Bertz CT molecular complexity index is 435. The summed E-state index contributed by atoms with van der Waals surface area (Å²) in [5.41, 5.74) is 2.26. The Balaban J connectivity index is 2.19. The number of aliphatic hydroxyl groups is 1. The van der Waals surface area contributed by atoms with E-state index in [0.717, 1.165) is 11.3 Å². The quantitative estimate of drug-likeness (QED) is 0.615. The van der Waals surface area contributed by atoms with Gasteiger partial charge < -0.3 is 20.5 Å². The molecular weight excluding hydrogens is 256 g/mol. The van der Waals surface area contributed by atoms with Crippen molar-refractivity contribution in [3.63, 3.8) is 0 Å². The molecule has 1 atom stereocenters. The molecule has 0 heterocycles. The summed E-state index contributed by atoms with van der Waals surface area (Å²) < 4.78 is 5.59. The molecule has 1 aromatic rings. The van der Waals surface area contributed by atoms with Gasteiger partial charge in [0.05, 0.1) is 0 Å². The maximum absolute atomic E-state index is 10.6. The van der Waals surface area contributed by atoms with Crippen LogP contribution in [-0.2, 0) is 4.79 Å². The van der Waals surface area contributed by atoms with Crippen LogP contribution in [0.2, 0.25) is 0 Å². The molecule has 0 fully saturated rings. The number of benzene rings is 1. The zero-order valence-corrected chi connectivity index (χ0v) is 12.4. The van der Waals surface area contributed by atoms with Crippen molar-refractivity contribution in [1.82, 2.24) is 10.6 Å². The largest absolute Gasteiger partial charge is 0.491 e. The van der Waals surface area contributed by atoms with Crippen molar-refractivity contribution in [3.8, 4) is 5.75 Å². The summed E-state index contributed by atoms with van der Waals surface area (Å²) in [7, 11) is 0. The lowest BCUT2D eigenvalue weighted by Gasteiger charge is -2.15. The summed E-state index contributed by atoms with van der Waals surface area (Å²) in [5, 5.41) is 15.5. The molecule has 1 amide bonds. The Kier molecular flexibility index (Phi) is 7.04. The molecule has 112 valence electrons. The number of aliphatic hydroxyl groups excluding tert-OH is 1. The first-order valence-corrected chi connectivity index (χ1v) is 6.82. The van der Waals surface area contributed by atoms with Crippen LogP contribution in [0.1, 0.15) is 18.1 Å². The van der Waals surface area contributed by atoms with Crippen LogP contribution in [0.5, 0.6) is 5.75 Å². The van der Waals surface area contributed by atoms with E-state index in [1.165, 1.54) is 12.5 Å². The molecule has 5 heteroatoms. The van der Waals surface area contributed by atoms with Crippen molar-refractivity contribution in [2.24, 2.45) is 0 Å². The molecule has 1 rings (SSSR count). The molecule has 0 saturated heterocycles. The van der Waals surface area contributed by atoms with E-state index in [2.05, 4.69) is 10.6 Å². The SMILES string of the molecule is CC(=O)NCCNCC(O)COc1ccc(C)cc1C. The lowest BCUT2D eigenvalue weighted by molar-refractivity contribution is -0.118. The molecule has 1 unspecified atom stereocenters. The van der Waals surface area contributed by atoms with Gasteiger partial charge in [0.25, 0.3) is 0 Å². The number of hydrogen-bond donors (Lipinski definition) is 3. The molecule has 0 spiro atoms. The maximum Gasteiger partial charge on any atom is 0.216 e. The van der Waals surface area contributed by atoms with E-state index in [-0.39, 0.29) is 12.5 Å². The Hall–Kier alpha value is -1.59. The van der Waals surface area contributed by atoms with Gasteiger partial charge in [-0.25, -0.2) is 0 Å². The van der Waals surface area contributed by atoms with Crippen LogP contribution in [0.4, 0.5) is 0 Å². The molecule has 1 aromatic carbocycles. The highest BCUT2D eigenvalue weighted by atomic mass is 16.5. The predicted molar refractivity (Wildman–Crippen MR) is 79.0 cm³/mol. The third-order valence-electron chi connectivity index (χ3n) is 2.82. The topological polar surface area (TPSA) is 70.6 Å². The summed E-state index contributed by atoms with van der Waals surface area (Å²) in [4.78, 5) is 10.6. The number of nitrogens with one attached hydrogen (secondary N) is 2. The van der Waals surface area contributed by atoms with E-state index in [1.807, 2.05) is 32.0 Å². The fraction of sp³-hybridized carbons (Fsp3) is 0.533. The number of carbonyl (C=O) groups is 1. The Morgan fingerprint density at radius 1 is 1.35 bits per heavy atom. The zero-order chi connectivity index (χ0) is 15.0. The van der Waals surface area contributed by atoms with Crippen molar-refractivity contribution < 1.29 is 14.6 Å². The van der Waals surface area contributed by atoms with Crippen LogP contribution in [0, 0.1) is 13.8 Å². The summed E-state index contributed by atoms with van der Waals surface area (Å²) in [5.74, 6) is 0.749. The molecule has 0 aliphatic heterocycles. The number of rotatable bonds is 8. The van der Waals surface area contributed by atoms with Gasteiger partial charge in [0, 0.05) is 26.6 Å². The molecule has 0 aliphatic rings. The second-order valence-corrected chi connectivity index (χ2v) is 4.92. The number of amides is 1. The van der Waals surface area contributed by atoms with E-state index < -0.39 is 6.10 Å². The zero-order valence-electron chi connectivity index (χ0n) is 12.4. The Morgan fingerprint density at radius 3 is 2.75 bits per heavy atom. The highest BCUT2D eigenvalue weighted by Crippen LogP contribution is 2.18. The first kappa shape index (κ1) is 16.5. The van der Waals surface area contributed by atoms with Crippen LogP contribution in [-0.4, -0.2) is 43.4 Å². The van der Waals surface area contributed by atoms with Crippen LogP contribution >= 0.6 is 0 Å². The van der Waals surface area contributed by atoms with Gasteiger partial charge >= 0.3 is 0 Å². The molecule has 0 bridgehead atoms. The molecule has 0 saturated carbocycles. The van der Waals surface area contributed by atoms with Crippen molar-refractivity contribution in [1.29, 1.82) is 0 Å². The minimum atomic E-state index is -0.576. The monoisotopic (exact) mass is 280 g/mol. The Labute approximate surface area is 120 Å². The number of aryl methyl sites for hydroxylation is 2. The number of hydrogen-bond acceptors (Lipinski definition) is 4. The molecular formula is C15H24N2O3. The lowest BCUT2D eigenvalue weighted by Crippen LogP contribution is -2.36. The van der Waals surface area contributed by atoms with Crippen molar-refractivity contribution in [3.05, 3.63) is 29.3 Å². The fourth-order valence-electron chi connectivity index (χ4n) is 1.80. The van der Waals surface area contributed by atoms with Gasteiger partial charge in [-0.1, -0.05) is 17.7 Å². The summed E-state index contributed by atoms with van der Waals surface area (Å²) >= 11 is 0. The molecule has 0 aromatic heterocycles. The maximum atomic E-state index is 10.6. The van der Waals surface area contributed by atoms with E-state index in [0.29, 0.717) is 19.6 Å². The minimum Gasteiger partial charge on any atom is -0.491 e. The first-order valence-electron chi connectivity index (χ1n) is 6.82. The highest BCUT2D eigenvalue weighted by molar-refractivity contribution is 5.72. The predicted octanol–water partition coefficient (Wildman–Crippen LogP) is 0.769. The summed E-state index contributed by atoms with van der Waals surface area (Å²) in [6, 6.07) is 5.95. The molecule has 0 aliphatic carbocycles. The second-order valence-electron chi connectivity index (χ2n) is 4.92. The standard InChI is InChI=1S/C15H24N2O3/c1-11-4-5-15(12(2)8-11)20-10-14(19)9-16-6-7-17-13(3)18/h4-5,8,14,16,19H,6-7,9-10H2,1-3H3,(H,17,18). The van der Waals surface area contributed by atoms with Crippen molar-refractivity contribution >= 4 is 5.91 Å². The van der Waals surface area contributed by atoms with E-state index in [9.17, 15) is 9.90 Å². The summed E-state index contributed by atoms with van der Waals surface area (Å²) in [6.45, 7) is 7.36. The van der Waals surface area contributed by atoms with Crippen molar-refractivity contribution in [2.75, 3.05) is 26.2 Å². The number of carbonyl (C=O) groups excluding carboxylic acids is 1. The molecule has 20 heavy (non-hydrogen) atoms. The second kappa shape index (κ2) is 8.55. The third-order valence-corrected chi connectivity index (χ3v) is 2.82. The van der Waals surface area contributed by atoms with Crippen molar-refractivity contribution in [2.45, 2.75) is 26.9 Å². The Morgan fingerprint density at radius 2 is 2.10 bits per heavy atom. The van der Waals surface area contributed by atoms with Gasteiger partial charge in [0.1, 0.15) is 18.5 Å². The normalized spacial score (nSPS) is 12.0. The minimum absolute atomic E-state index is 0.0504. The smallest absolute Gasteiger partial charge is 0.216 e. The molecule has 5 nitrogen and oxygen atoms in total. The van der Waals surface area contributed by atoms with E-state index in [4.69, 9.17) is 4.74 Å². The van der Waals surface area contributed by atoms with Crippen LogP contribution in [0.25, 0.3) is 0 Å². The highest BCUT2D eigenvalue weighted by Gasteiger charge is 2.06. The van der Waals surface area contributed by atoms with Gasteiger partial charge in [0.15, 0.2) is 0 Å². The average molecular weight is 280 g/mol. The average Bonchev–Trinajstić information content (AvgIpc) is 2.37. The third kappa shape index (κ3) is 6.54. The van der Waals surface area contributed by atoms with Crippen LogP contribution in [0.15, 0.2) is 18.2 Å². The van der Waals surface area contributed by atoms with Gasteiger partial charge in [-0.05, 0) is 25.5 Å². The van der Waals surface area contributed by atoms with Gasteiger partial charge in [-0.2, -0.15) is 0 Å². The first-order chi connectivity index (χ1) is 9.49. The van der Waals surface area contributed by atoms with E-state index >= 15 is 0 Å². The van der Waals surface area contributed by atoms with Crippen LogP contribution in [0.3, 0.4) is 0 Å². The lowest BCUT2D eigenvalue weighted by atomic mass is 10.1. The van der Waals surface area contributed by atoms with Gasteiger partial charge in [0.2, 0.25) is 5.91 Å².